The maximum absolute atomic E-state index is 11.1. The van der Waals surface area contributed by atoms with Crippen molar-refractivity contribution in [1.29, 1.82) is 0 Å². The summed E-state index contributed by atoms with van der Waals surface area (Å²) in [6.07, 6.45) is 1.37. The third-order valence-corrected chi connectivity index (χ3v) is 2.55. The van der Waals surface area contributed by atoms with E-state index in [1.54, 1.807) is 19.2 Å². The van der Waals surface area contributed by atoms with Gasteiger partial charge in [0.15, 0.2) is 11.4 Å². The summed E-state index contributed by atoms with van der Waals surface area (Å²) in [7, 11) is 1.75. The van der Waals surface area contributed by atoms with Crippen molar-refractivity contribution in [2.24, 2.45) is 0 Å². The van der Waals surface area contributed by atoms with Gasteiger partial charge >= 0.3 is 5.76 Å². The summed E-state index contributed by atoms with van der Waals surface area (Å²) in [6, 6.07) is 5.30. The zero-order chi connectivity index (χ0) is 12.5. The number of rotatable bonds is 2. The number of hydrogen-bond acceptors (Lipinski definition) is 6. The third-order valence-electron chi connectivity index (χ3n) is 2.55. The molecule has 0 atom stereocenters. The molecule has 0 saturated heterocycles. The van der Waals surface area contributed by atoms with Gasteiger partial charge in [0.25, 0.3) is 0 Å². The fourth-order valence-electron chi connectivity index (χ4n) is 1.75. The number of aromatic amines is 1. The normalized spacial score (nSPS) is 10.7. The molecular weight excluding hydrogens is 234 g/mol. The van der Waals surface area contributed by atoms with Crippen molar-refractivity contribution in [3.8, 4) is 11.3 Å². The number of nitrogens with zero attached hydrogens (tertiary/aromatic N) is 3. The second-order valence-electron chi connectivity index (χ2n) is 3.63. The Balaban J connectivity index is 2.21. The molecule has 1 aromatic carbocycles. The summed E-state index contributed by atoms with van der Waals surface area (Å²) < 4.78 is 5.00. The first kappa shape index (κ1) is 10.5. The first-order chi connectivity index (χ1) is 8.78. The van der Waals surface area contributed by atoms with E-state index in [9.17, 15) is 4.79 Å². The molecule has 7 nitrogen and oxygen atoms in total. The van der Waals surface area contributed by atoms with Crippen LogP contribution in [0.2, 0.25) is 0 Å². The van der Waals surface area contributed by atoms with Gasteiger partial charge in [-0.25, -0.2) is 9.78 Å². The van der Waals surface area contributed by atoms with Gasteiger partial charge in [-0.15, -0.1) is 10.2 Å². The molecule has 2 N–H and O–H groups in total. The molecule has 18 heavy (non-hydrogen) atoms. The Kier molecular flexibility index (Phi) is 2.30. The summed E-state index contributed by atoms with van der Waals surface area (Å²) in [5.74, 6) is 0.135. The highest BCUT2D eigenvalue weighted by Crippen LogP contribution is 2.25. The van der Waals surface area contributed by atoms with Crippen LogP contribution in [0.25, 0.3) is 22.4 Å². The van der Waals surface area contributed by atoms with E-state index in [0.29, 0.717) is 22.6 Å². The molecule has 0 bridgehead atoms. The molecule has 3 aromatic rings. The number of oxazole rings is 1. The number of hydrogen-bond donors (Lipinski definition) is 2. The molecule has 3 rings (SSSR count). The molecule has 2 heterocycles. The number of H-pyrrole nitrogens is 1. The highest BCUT2D eigenvalue weighted by molar-refractivity contribution is 5.81. The van der Waals surface area contributed by atoms with Crippen LogP contribution in [-0.2, 0) is 0 Å². The minimum atomic E-state index is -0.478. The quantitative estimate of drug-likeness (QED) is 0.697. The zero-order valence-electron chi connectivity index (χ0n) is 9.47. The largest absolute Gasteiger partial charge is 0.417 e. The van der Waals surface area contributed by atoms with E-state index in [4.69, 9.17) is 4.42 Å². The third kappa shape index (κ3) is 1.61. The fraction of sp³-hybridized carbons (Fsp3) is 0.0909. The van der Waals surface area contributed by atoms with Crippen molar-refractivity contribution in [3.63, 3.8) is 0 Å². The smallest absolute Gasteiger partial charge is 0.408 e. The zero-order valence-corrected chi connectivity index (χ0v) is 9.47. The van der Waals surface area contributed by atoms with Gasteiger partial charge in [0.1, 0.15) is 12.0 Å². The van der Waals surface area contributed by atoms with Crippen LogP contribution >= 0.6 is 0 Å². The lowest BCUT2D eigenvalue weighted by atomic mass is 10.1. The van der Waals surface area contributed by atoms with Gasteiger partial charge in [-0.1, -0.05) is 6.07 Å². The Hall–Kier alpha value is -2.70. The molecule has 2 aromatic heterocycles. The van der Waals surface area contributed by atoms with Crippen molar-refractivity contribution >= 4 is 16.9 Å². The minimum absolute atomic E-state index is 0.477. The average Bonchev–Trinajstić information content (AvgIpc) is 2.77. The molecule has 0 spiro atoms. The molecule has 0 unspecified atom stereocenters. The van der Waals surface area contributed by atoms with Crippen molar-refractivity contribution in [1.82, 2.24) is 20.2 Å². The van der Waals surface area contributed by atoms with Crippen molar-refractivity contribution < 1.29 is 4.42 Å². The Morgan fingerprint density at radius 2 is 2.28 bits per heavy atom. The van der Waals surface area contributed by atoms with E-state index in [-0.39, 0.29) is 0 Å². The number of fused-ring (bicyclic) bond motifs is 1. The molecule has 0 radical (unpaired) electrons. The van der Waals surface area contributed by atoms with Crippen molar-refractivity contribution in [3.05, 3.63) is 35.1 Å². The van der Waals surface area contributed by atoms with Crippen molar-refractivity contribution in [2.75, 3.05) is 12.4 Å². The summed E-state index contributed by atoms with van der Waals surface area (Å²) in [5, 5.41) is 10.7. The molecule has 0 aliphatic carbocycles. The highest BCUT2D eigenvalue weighted by Gasteiger charge is 2.09. The van der Waals surface area contributed by atoms with Gasteiger partial charge < -0.3 is 9.73 Å². The molecule has 0 aliphatic rings. The second-order valence-corrected chi connectivity index (χ2v) is 3.63. The minimum Gasteiger partial charge on any atom is -0.408 e. The summed E-state index contributed by atoms with van der Waals surface area (Å²) in [4.78, 5) is 17.7. The molecule has 0 aliphatic heterocycles. The second kappa shape index (κ2) is 3.95. The average molecular weight is 243 g/mol. The van der Waals surface area contributed by atoms with E-state index in [1.807, 2.05) is 6.07 Å². The molecule has 0 amide bonds. The van der Waals surface area contributed by atoms with E-state index in [1.165, 1.54) is 6.33 Å². The van der Waals surface area contributed by atoms with Crippen LogP contribution in [0.1, 0.15) is 0 Å². The Morgan fingerprint density at radius 3 is 3.11 bits per heavy atom. The van der Waals surface area contributed by atoms with Gasteiger partial charge in [-0.3, -0.25) is 4.98 Å². The van der Waals surface area contributed by atoms with Crippen LogP contribution in [0.3, 0.4) is 0 Å². The number of nitrogens with one attached hydrogen (secondary N) is 2. The number of aromatic nitrogens is 4. The highest BCUT2D eigenvalue weighted by atomic mass is 16.4. The summed E-state index contributed by atoms with van der Waals surface area (Å²) in [5.41, 5.74) is 2.50. The van der Waals surface area contributed by atoms with Crippen LogP contribution < -0.4 is 11.1 Å². The van der Waals surface area contributed by atoms with E-state index < -0.39 is 5.76 Å². The van der Waals surface area contributed by atoms with Crippen molar-refractivity contribution in [2.45, 2.75) is 0 Å². The van der Waals surface area contributed by atoms with E-state index >= 15 is 0 Å². The van der Waals surface area contributed by atoms with Gasteiger partial charge in [-0.2, -0.15) is 0 Å². The lowest BCUT2D eigenvalue weighted by Gasteiger charge is -2.04. The standard InChI is InChI=1S/C11H9N5O2/c1-12-10-9(16-14-5-13-10)6-2-3-7-8(4-6)18-11(17)15-7/h2-5H,1H3,(H,15,17)(H,12,13,14). The Morgan fingerprint density at radius 1 is 1.39 bits per heavy atom. The van der Waals surface area contributed by atoms with Crippen LogP contribution in [0.15, 0.2) is 33.7 Å². The Labute approximate surface area is 101 Å². The summed E-state index contributed by atoms with van der Waals surface area (Å²) in [6.45, 7) is 0. The van der Waals surface area contributed by atoms with E-state index in [0.717, 1.165) is 5.56 Å². The number of benzene rings is 1. The maximum Gasteiger partial charge on any atom is 0.417 e. The Bertz CT molecular complexity index is 761. The molecule has 90 valence electrons. The predicted octanol–water partition coefficient (Wildman–Crippen LogP) is 1.01. The van der Waals surface area contributed by atoms with Gasteiger partial charge in [0.2, 0.25) is 0 Å². The monoisotopic (exact) mass is 243 g/mol. The lowest BCUT2D eigenvalue weighted by Crippen LogP contribution is -1.99. The maximum atomic E-state index is 11.1. The van der Waals surface area contributed by atoms with Crippen LogP contribution in [0.5, 0.6) is 0 Å². The van der Waals surface area contributed by atoms with Gasteiger partial charge in [0, 0.05) is 12.6 Å². The SMILES string of the molecule is CNc1ncnnc1-c1ccc2[nH]c(=O)oc2c1. The van der Waals surface area contributed by atoms with E-state index in [2.05, 4.69) is 25.5 Å². The topological polar surface area (TPSA) is 96.7 Å². The molecular formula is C11H9N5O2. The fourth-order valence-corrected chi connectivity index (χ4v) is 1.75. The van der Waals surface area contributed by atoms with Gasteiger partial charge in [-0.05, 0) is 12.1 Å². The molecule has 0 fully saturated rings. The first-order valence-electron chi connectivity index (χ1n) is 5.26. The predicted molar refractivity (Wildman–Crippen MR) is 65.2 cm³/mol. The first-order valence-corrected chi connectivity index (χ1v) is 5.26. The van der Waals surface area contributed by atoms with Crippen LogP contribution in [0.4, 0.5) is 5.82 Å². The van der Waals surface area contributed by atoms with Crippen LogP contribution in [-0.4, -0.2) is 27.2 Å². The molecule has 0 saturated carbocycles. The lowest BCUT2D eigenvalue weighted by molar-refractivity contribution is 0.555. The van der Waals surface area contributed by atoms with Crippen LogP contribution in [0, 0.1) is 0 Å². The molecule has 7 heteroatoms. The number of anilines is 1. The summed E-state index contributed by atoms with van der Waals surface area (Å²) >= 11 is 0. The van der Waals surface area contributed by atoms with Gasteiger partial charge in [0.05, 0.1) is 5.52 Å².